The number of pyridine rings is 1. The van der Waals surface area contributed by atoms with Gasteiger partial charge in [0.15, 0.2) is 11.6 Å². The van der Waals surface area contributed by atoms with Gasteiger partial charge in [0.25, 0.3) is 5.91 Å². The lowest BCUT2D eigenvalue weighted by Crippen LogP contribution is -2.15. The molecule has 0 unspecified atom stereocenters. The van der Waals surface area contributed by atoms with Gasteiger partial charge in [-0.3, -0.25) is 4.79 Å². The Bertz CT molecular complexity index is 735. The summed E-state index contributed by atoms with van der Waals surface area (Å²) in [4.78, 5) is 26.1. The topological polar surface area (TPSA) is 79.3 Å². The van der Waals surface area contributed by atoms with Crippen molar-refractivity contribution in [3.63, 3.8) is 0 Å². The van der Waals surface area contributed by atoms with E-state index in [2.05, 4.69) is 4.98 Å². The highest BCUT2D eigenvalue weighted by Gasteiger charge is 2.15. The number of carboxylic acids is 1. The third-order valence-electron chi connectivity index (χ3n) is 2.50. The van der Waals surface area contributed by atoms with Crippen molar-refractivity contribution in [3.05, 3.63) is 59.2 Å². The van der Waals surface area contributed by atoms with E-state index in [1.165, 1.54) is 6.07 Å². The molecule has 1 heterocycles. The first-order valence-corrected chi connectivity index (χ1v) is 5.53. The van der Waals surface area contributed by atoms with Gasteiger partial charge >= 0.3 is 5.97 Å². The van der Waals surface area contributed by atoms with Crippen LogP contribution >= 0.6 is 0 Å². The molecule has 0 aliphatic heterocycles. The molecule has 0 fully saturated rings. The number of carboxylic acid groups (broad SMARTS) is 1. The maximum Gasteiger partial charge on any atom is 0.354 e. The third-order valence-corrected chi connectivity index (χ3v) is 2.50. The van der Waals surface area contributed by atoms with Crippen LogP contribution in [0.4, 0.5) is 18.9 Å². The van der Waals surface area contributed by atoms with Crippen LogP contribution in [-0.2, 0) is 0 Å². The molecule has 5 nitrogen and oxygen atoms in total. The van der Waals surface area contributed by atoms with Crippen LogP contribution in [0.5, 0.6) is 0 Å². The number of anilines is 1. The lowest BCUT2D eigenvalue weighted by Gasteiger charge is -2.07. The Morgan fingerprint density at radius 2 is 1.71 bits per heavy atom. The Kier molecular flexibility index (Phi) is 3.88. The van der Waals surface area contributed by atoms with E-state index in [4.69, 9.17) is 5.11 Å². The van der Waals surface area contributed by atoms with Crippen molar-refractivity contribution < 1.29 is 27.9 Å². The molecule has 0 saturated carbocycles. The zero-order valence-electron chi connectivity index (χ0n) is 10.2. The van der Waals surface area contributed by atoms with Gasteiger partial charge in [0, 0.05) is 23.9 Å². The predicted octanol–water partition coefficient (Wildman–Crippen LogP) is 2.45. The molecule has 108 valence electrons. The molecule has 0 atom stereocenters. The molecule has 2 rings (SSSR count). The van der Waals surface area contributed by atoms with Crippen molar-refractivity contribution in [2.45, 2.75) is 0 Å². The van der Waals surface area contributed by atoms with Gasteiger partial charge in [0.1, 0.15) is 11.5 Å². The van der Waals surface area contributed by atoms with Crippen LogP contribution in [0.15, 0.2) is 30.5 Å². The van der Waals surface area contributed by atoms with Gasteiger partial charge in [-0.2, -0.15) is 0 Å². The quantitative estimate of drug-likeness (QED) is 0.853. The van der Waals surface area contributed by atoms with Gasteiger partial charge in [0.2, 0.25) is 0 Å². The minimum atomic E-state index is -1.39. The van der Waals surface area contributed by atoms with E-state index in [-0.39, 0.29) is 11.3 Å². The lowest BCUT2D eigenvalue weighted by atomic mass is 10.2. The fourth-order valence-electron chi connectivity index (χ4n) is 1.50. The molecule has 0 saturated heterocycles. The van der Waals surface area contributed by atoms with Gasteiger partial charge < -0.3 is 10.4 Å². The summed E-state index contributed by atoms with van der Waals surface area (Å²) in [7, 11) is 0. The first-order chi connectivity index (χ1) is 9.88. The summed E-state index contributed by atoms with van der Waals surface area (Å²) in [5.41, 5.74) is -1.06. The van der Waals surface area contributed by atoms with E-state index in [0.29, 0.717) is 12.1 Å². The third kappa shape index (κ3) is 3.16. The largest absolute Gasteiger partial charge is 0.477 e. The lowest BCUT2D eigenvalue weighted by molar-refractivity contribution is 0.0690. The van der Waals surface area contributed by atoms with Crippen molar-refractivity contribution in [1.29, 1.82) is 0 Å². The van der Waals surface area contributed by atoms with Crippen molar-refractivity contribution in [1.82, 2.24) is 4.98 Å². The average molecular weight is 296 g/mol. The maximum absolute atomic E-state index is 13.4. The molecule has 2 N–H and O–H groups in total. The Hall–Kier alpha value is -2.90. The summed E-state index contributed by atoms with van der Waals surface area (Å²) < 4.78 is 39.1. The summed E-state index contributed by atoms with van der Waals surface area (Å²) in [6, 6.07) is 2.94. The molecule has 0 aliphatic carbocycles. The number of hydrogen-bond donors (Lipinski definition) is 2. The van der Waals surface area contributed by atoms with Crippen LogP contribution < -0.4 is 5.32 Å². The summed E-state index contributed by atoms with van der Waals surface area (Å²) in [6.45, 7) is 0. The molecule has 0 radical (unpaired) electrons. The second kappa shape index (κ2) is 5.61. The second-order valence-electron chi connectivity index (χ2n) is 3.94. The van der Waals surface area contributed by atoms with Crippen LogP contribution in [0.25, 0.3) is 0 Å². The smallest absolute Gasteiger partial charge is 0.354 e. The molecular weight excluding hydrogens is 289 g/mol. The number of benzene rings is 1. The number of hydrogen-bond acceptors (Lipinski definition) is 3. The number of aromatic nitrogens is 1. The number of halogens is 3. The zero-order chi connectivity index (χ0) is 15.6. The molecular formula is C13H7F3N2O3. The number of aromatic carboxylic acids is 1. The summed E-state index contributed by atoms with van der Waals surface area (Å²) >= 11 is 0. The number of carbonyl (C=O) groups excluding carboxylic acids is 1. The zero-order valence-corrected chi connectivity index (χ0v) is 10.2. The molecule has 1 aromatic heterocycles. The van der Waals surface area contributed by atoms with Crippen LogP contribution in [0.2, 0.25) is 0 Å². The number of carbonyl (C=O) groups is 2. The van der Waals surface area contributed by atoms with Gasteiger partial charge in [0.05, 0.1) is 5.69 Å². The van der Waals surface area contributed by atoms with Crippen molar-refractivity contribution in [2.24, 2.45) is 0 Å². The predicted molar refractivity (Wildman–Crippen MR) is 65.5 cm³/mol. The SMILES string of the molecule is O=C(Nc1cc(F)c(F)cc1F)c1ccnc(C(=O)O)c1. The highest BCUT2D eigenvalue weighted by atomic mass is 19.2. The van der Waals surface area contributed by atoms with E-state index in [9.17, 15) is 22.8 Å². The molecule has 1 amide bonds. The van der Waals surface area contributed by atoms with E-state index in [0.717, 1.165) is 12.3 Å². The van der Waals surface area contributed by atoms with Gasteiger partial charge in [-0.05, 0) is 12.1 Å². The fourth-order valence-corrected chi connectivity index (χ4v) is 1.50. The maximum atomic E-state index is 13.4. The standard InChI is InChI=1S/C13H7F3N2O3/c14-7-4-9(16)10(5-8(7)15)18-12(19)6-1-2-17-11(3-6)13(20)21/h1-5H,(H,18,19)(H,20,21). The highest BCUT2D eigenvalue weighted by Crippen LogP contribution is 2.19. The molecule has 21 heavy (non-hydrogen) atoms. The molecule has 2 aromatic rings. The minimum Gasteiger partial charge on any atom is -0.477 e. The summed E-state index contributed by atoms with van der Waals surface area (Å²) in [5, 5.41) is 10.8. The molecule has 0 aliphatic rings. The summed E-state index contributed by atoms with van der Waals surface area (Å²) in [5.74, 6) is -6.10. The van der Waals surface area contributed by atoms with Crippen LogP contribution in [0.1, 0.15) is 20.8 Å². The van der Waals surface area contributed by atoms with E-state index in [1.54, 1.807) is 0 Å². The Morgan fingerprint density at radius 1 is 1.05 bits per heavy atom. The van der Waals surface area contributed by atoms with Crippen LogP contribution in [0, 0.1) is 17.5 Å². The number of nitrogens with zero attached hydrogens (tertiary/aromatic N) is 1. The number of rotatable bonds is 3. The first kappa shape index (κ1) is 14.5. The van der Waals surface area contributed by atoms with Crippen LogP contribution in [0.3, 0.4) is 0 Å². The van der Waals surface area contributed by atoms with Crippen LogP contribution in [-0.4, -0.2) is 22.0 Å². The van der Waals surface area contributed by atoms with Gasteiger partial charge in [-0.15, -0.1) is 0 Å². The number of amides is 1. The normalized spacial score (nSPS) is 10.2. The Balaban J connectivity index is 2.28. The van der Waals surface area contributed by atoms with Gasteiger partial charge in [-0.25, -0.2) is 22.9 Å². The molecule has 0 bridgehead atoms. The second-order valence-corrected chi connectivity index (χ2v) is 3.94. The average Bonchev–Trinajstić information content (AvgIpc) is 2.44. The monoisotopic (exact) mass is 296 g/mol. The van der Waals surface area contributed by atoms with Gasteiger partial charge in [-0.1, -0.05) is 0 Å². The van der Waals surface area contributed by atoms with E-state index >= 15 is 0 Å². The highest BCUT2D eigenvalue weighted by molar-refractivity contribution is 6.05. The minimum absolute atomic E-state index is 0.119. The Labute approximate surface area is 116 Å². The van der Waals surface area contributed by atoms with Crippen molar-refractivity contribution in [2.75, 3.05) is 5.32 Å². The molecule has 0 spiro atoms. The first-order valence-electron chi connectivity index (χ1n) is 5.53. The fraction of sp³-hybridized carbons (Fsp3) is 0. The van der Waals surface area contributed by atoms with E-state index in [1.807, 2.05) is 5.32 Å². The summed E-state index contributed by atoms with van der Waals surface area (Å²) in [6.07, 6.45) is 1.08. The Morgan fingerprint density at radius 3 is 2.38 bits per heavy atom. The van der Waals surface area contributed by atoms with E-state index < -0.39 is 35.0 Å². The van der Waals surface area contributed by atoms with Crippen molar-refractivity contribution >= 4 is 17.6 Å². The van der Waals surface area contributed by atoms with Crippen molar-refractivity contribution in [3.8, 4) is 0 Å². The molecule has 8 heteroatoms. The number of nitrogens with one attached hydrogen (secondary N) is 1. The molecule has 1 aromatic carbocycles.